The lowest BCUT2D eigenvalue weighted by molar-refractivity contribution is -0.135. The van der Waals surface area contributed by atoms with Crippen LogP contribution in [0.15, 0.2) is 54.6 Å². The molecule has 218 valence electrons. The van der Waals surface area contributed by atoms with E-state index in [4.69, 9.17) is 11.6 Å². The summed E-state index contributed by atoms with van der Waals surface area (Å²) in [6, 6.07) is 14.8. The summed E-state index contributed by atoms with van der Waals surface area (Å²) in [5.41, 5.74) is 0.935. The van der Waals surface area contributed by atoms with Gasteiger partial charge in [-0.15, -0.1) is 0 Å². The molecule has 2 aromatic carbocycles. The van der Waals surface area contributed by atoms with Crippen LogP contribution in [0.4, 0.5) is 0 Å². The van der Waals surface area contributed by atoms with E-state index in [1.54, 1.807) is 32.0 Å². The van der Waals surface area contributed by atoms with E-state index in [0.717, 1.165) is 11.1 Å². The smallest absolute Gasteiger partial charge is 0.426 e. The predicted molar refractivity (Wildman–Crippen MR) is 159 cm³/mol. The first-order chi connectivity index (χ1) is 18.7. The van der Waals surface area contributed by atoms with Crippen molar-refractivity contribution in [1.82, 2.24) is 16.0 Å². The Morgan fingerprint density at radius 1 is 0.850 bits per heavy atom. The van der Waals surface area contributed by atoms with Crippen LogP contribution in [-0.4, -0.2) is 52.9 Å². The van der Waals surface area contributed by atoms with Gasteiger partial charge in [-0.05, 0) is 47.9 Å². The first-order valence-corrected chi connectivity index (χ1v) is 14.1. The van der Waals surface area contributed by atoms with Crippen LogP contribution < -0.4 is 16.0 Å². The predicted octanol–water partition coefficient (Wildman–Crippen LogP) is 3.32. The van der Waals surface area contributed by atoms with Gasteiger partial charge in [0.1, 0.15) is 12.1 Å². The Balaban J connectivity index is 2.29. The first-order valence-electron chi connectivity index (χ1n) is 13.8. The third-order valence-corrected chi connectivity index (χ3v) is 6.98. The van der Waals surface area contributed by atoms with Crippen molar-refractivity contribution in [2.45, 2.75) is 78.8 Å². The van der Waals surface area contributed by atoms with Crippen molar-refractivity contribution in [2.24, 2.45) is 17.3 Å². The molecule has 2 aromatic rings. The van der Waals surface area contributed by atoms with Gasteiger partial charge in [0.25, 0.3) is 0 Å². The molecular formula is C30H43BClN3O5. The van der Waals surface area contributed by atoms with Crippen LogP contribution in [0.1, 0.15) is 59.1 Å². The number of hydrogen-bond donors (Lipinski definition) is 5. The topological polar surface area (TPSA) is 128 Å². The van der Waals surface area contributed by atoms with Crippen molar-refractivity contribution in [2.75, 3.05) is 0 Å². The van der Waals surface area contributed by atoms with Crippen LogP contribution in [0.25, 0.3) is 0 Å². The number of amides is 3. The summed E-state index contributed by atoms with van der Waals surface area (Å²) in [6.45, 7) is 11.0. The highest BCUT2D eigenvalue weighted by Crippen LogP contribution is 2.23. The van der Waals surface area contributed by atoms with E-state index >= 15 is 0 Å². The molecule has 3 amide bonds. The quantitative estimate of drug-likeness (QED) is 0.222. The molecule has 0 spiro atoms. The van der Waals surface area contributed by atoms with Gasteiger partial charge in [0.05, 0.1) is 5.94 Å². The molecule has 0 aliphatic carbocycles. The zero-order valence-corrected chi connectivity index (χ0v) is 25.0. The Morgan fingerprint density at radius 3 is 2.00 bits per heavy atom. The average Bonchev–Trinajstić information content (AvgIpc) is 2.85. The number of nitrogens with one attached hydrogen (secondary N) is 3. The van der Waals surface area contributed by atoms with Crippen LogP contribution in [0.5, 0.6) is 0 Å². The average molecular weight is 572 g/mol. The Labute approximate surface area is 243 Å². The van der Waals surface area contributed by atoms with Crippen LogP contribution in [0.2, 0.25) is 5.02 Å². The molecule has 0 unspecified atom stereocenters. The summed E-state index contributed by atoms with van der Waals surface area (Å²) in [5, 5.41) is 28.3. The summed E-state index contributed by atoms with van der Waals surface area (Å²) in [4.78, 5) is 40.3. The molecule has 8 nitrogen and oxygen atoms in total. The number of carbonyl (C=O) groups excluding carboxylic acids is 3. The molecule has 0 heterocycles. The van der Waals surface area contributed by atoms with Crippen molar-refractivity contribution in [3.05, 3.63) is 70.7 Å². The minimum absolute atomic E-state index is 0.0541. The number of hydrogen-bond acceptors (Lipinski definition) is 5. The fourth-order valence-electron chi connectivity index (χ4n) is 4.47. The minimum atomic E-state index is -1.75. The highest BCUT2D eigenvalue weighted by Gasteiger charge is 2.35. The summed E-state index contributed by atoms with van der Waals surface area (Å²) in [7, 11) is -1.75. The molecule has 0 aliphatic heterocycles. The highest BCUT2D eigenvalue weighted by molar-refractivity contribution is 6.43. The van der Waals surface area contributed by atoms with E-state index in [1.807, 2.05) is 64.1 Å². The third kappa shape index (κ3) is 10.6. The maximum Gasteiger partial charge on any atom is 0.475 e. The van der Waals surface area contributed by atoms with E-state index < -0.39 is 42.4 Å². The van der Waals surface area contributed by atoms with Gasteiger partial charge < -0.3 is 26.0 Å². The molecule has 0 saturated heterocycles. The van der Waals surface area contributed by atoms with Gasteiger partial charge in [-0.3, -0.25) is 14.4 Å². The molecule has 0 aliphatic rings. The Kier molecular flexibility index (Phi) is 12.7. The van der Waals surface area contributed by atoms with E-state index in [0.29, 0.717) is 17.9 Å². The van der Waals surface area contributed by atoms with E-state index in [1.165, 1.54) is 0 Å². The van der Waals surface area contributed by atoms with E-state index in [-0.39, 0.29) is 24.2 Å². The lowest BCUT2D eigenvalue weighted by atomic mass is 9.73. The number of halogens is 1. The largest absolute Gasteiger partial charge is 0.475 e. The second-order valence-electron chi connectivity index (χ2n) is 11.8. The van der Waals surface area contributed by atoms with Crippen molar-refractivity contribution in [3.63, 3.8) is 0 Å². The van der Waals surface area contributed by atoms with Crippen molar-refractivity contribution in [1.29, 1.82) is 0 Å². The molecule has 10 heteroatoms. The second kappa shape index (κ2) is 15.2. The van der Waals surface area contributed by atoms with E-state index in [9.17, 15) is 24.4 Å². The molecule has 0 bridgehead atoms. The lowest BCUT2D eigenvalue weighted by Gasteiger charge is -2.30. The first kappa shape index (κ1) is 33.3. The molecule has 5 N–H and O–H groups in total. The monoisotopic (exact) mass is 571 g/mol. The molecular weight excluding hydrogens is 529 g/mol. The van der Waals surface area contributed by atoms with Crippen molar-refractivity contribution in [3.8, 4) is 0 Å². The van der Waals surface area contributed by atoms with Gasteiger partial charge in [0, 0.05) is 16.9 Å². The number of carbonyl (C=O) groups is 3. The minimum Gasteiger partial charge on any atom is -0.426 e. The second-order valence-corrected chi connectivity index (χ2v) is 12.2. The van der Waals surface area contributed by atoms with Crippen LogP contribution in [0, 0.1) is 17.3 Å². The number of benzene rings is 2. The van der Waals surface area contributed by atoms with Gasteiger partial charge in [-0.25, -0.2) is 0 Å². The summed E-state index contributed by atoms with van der Waals surface area (Å²) >= 11 is 6.18. The molecule has 2 rings (SSSR count). The third-order valence-electron chi connectivity index (χ3n) is 6.74. The zero-order valence-electron chi connectivity index (χ0n) is 24.3. The summed E-state index contributed by atoms with van der Waals surface area (Å²) in [6.07, 6.45) is 0.963. The van der Waals surface area contributed by atoms with Gasteiger partial charge in [-0.1, -0.05) is 95.6 Å². The Hall–Kier alpha value is -2.88. The molecule has 3 atom stereocenters. The van der Waals surface area contributed by atoms with Crippen LogP contribution in [-0.2, 0) is 27.2 Å². The number of rotatable bonds is 14. The molecule has 40 heavy (non-hydrogen) atoms. The summed E-state index contributed by atoms with van der Waals surface area (Å²) in [5.74, 6) is -2.44. The fourth-order valence-corrected chi connectivity index (χ4v) is 4.69. The lowest BCUT2D eigenvalue weighted by Crippen LogP contribution is -2.59. The standard InChI is InChI=1S/C30H43BClN3O5/c1-19(2)15-24(28(37)35-26(20(3)4)31(39)40)33-27(36)25(17-22-13-10-14-23(32)16-22)34-29(38)30(5,6)18-21-11-8-7-9-12-21/h7-14,16,19-20,24-26,39-40H,15,17-18H2,1-6H3,(H,33,36)(H,34,38)(H,35,37)/t24-,25-,26-/m0/s1. The molecule has 0 aromatic heterocycles. The normalized spacial score (nSPS) is 13.9. The maximum atomic E-state index is 13.7. The van der Waals surface area contributed by atoms with Crippen LogP contribution >= 0.6 is 11.6 Å². The van der Waals surface area contributed by atoms with Gasteiger partial charge in [-0.2, -0.15) is 0 Å². The SMILES string of the molecule is CC(C)C[C@H](NC(=O)[C@H](Cc1cccc(Cl)c1)NC(=O)C(C)(C)Cc1ccccc1)C(=O)N[C@H](B(O)O)C(C)C. The van der Waals surface area contributed by atoms with E-state index in [2.05, 4.69) is 16.0 Å². The van der Waals surface area contributed by atoms with Gasteiger partial charge in [0.2, 0.25) is 17.7 Å². The Bertz CT molecular complexity index is 1120. The van der Waals surface area contributed by atoms with Gasteiger partial charge in [0.15, 0.2) is 0 Å². The molecule has 0 fully saturated rings. The van der Waals surface area contributed by atoms with Gasteiger partial charge >= 0.3 is 7.12 Å². The maximum absolute atomic E-state index is 13.7. The Morgan fingerprint density at radius 2 is 1.45 bits per heavy atom. The zero-order chi connectivity index (χ0) is 30.0. The summed E-state index contributed by atoms with van der Waals surface area (Å²) < 4.78 is 0. The van der Waals surface area contributed by atoms with Crippen LogP contribution in [0.3, 0.4) is 0 Å². The molecule has 0 radical (unpaired) electrons. The van der Waals surface area contributed by atoms with Crippen molar-refractivity contribution < 1.29 is 24.4 Å². The highest BCUT2D eigenvalue weighted by atomic mass is 35.5. The van der Waals surface area contributed by atoms with Crippen molar-refractivity contribution >= 4 is 36.4 Å². The fraction of sp³-hybridized carbons (Fsp3) is 0.500. The molecule has 0 saturated carbocycles.